The molecule has 2 N–H and O–H groups in total. The largest absolute Gasteiger partial charge is 0.370 e. The van der Waals surface area contributed by atoms with E-state index in [1.165, 1.54) is 51.4 Å². The molecule has 21 heavy (non-hydrogen) atoms. The van der Waals surface area contributed by atoms with Gasteiger partial charge in [-0.25, -0.2) is 4.98 Å². The van der Waals surface area contributed by atoms with Gasteiger partial charge in [-0.1, -0.05) is 58.8 Å². The first kappa shape index (κ1) is 17.7. The van der Waals surface area contributed by atoms with Gasteiger partial charge in [0.1, 0.15) is 5.82 Å². The van der Waals surface area contributed by atoms with Crippen molar-refractivity contribution >= 4 is 11.8 Å². The molecule has 0 fully saturated rings. The van der Waals surface area contributed by atoms with Crippen LogP contribution in [-0.2, 0) is 0 Å². The second-order valence-electron chi connectivity index (χ2n) is 5.59. The van der Waals surface area contributed by atoms with E-state index >= 15 is 0 Å². The third kappa shape index (κ3) is 9.27. The van der Waals surface area contributed by atoms with Crippen LogP contribution in [0, 0.1) is 0 Å². The van der Waals surface area contributed by atoms with E-state index in [0.717, 1.165) is 31.3 Å². The summed E-state index contributed by atoms with van der Waals surface area (Å²) < 4.78 is 0. The Bertz CT molecular complexity index is 354. The van der Waals surface area contributed by atoms with Gasteiger partial charge in [-0.05, 0) is 18.9 Å². The lowest BCUT2D eigenvalue weighted by molar-refractivity contribution is 0.581. The molecule has 0 radical (unpaired) electrons. The summed E-state index contributed by atoms with van der Waals surface area (Å²) in [5.74, 6) is 1.64. The van der Waals surface area contributed by atoms with E-state index < -0.39 is 0 Å². The highest BCUT2D eigenvalue weighted by molar-refractivity contribution is 5.39. The topological polar surface area (TPSA) is 49.8 Å². The molecule has 0 aliphatic rings. The number of aromatic nitrogens is 2. The fraction of sp³-hybridized carbons (Fsp3) is 0.765. The van der Waals surface area contributed by atoms with Crippen LogP contribution in [0.5, 0.6) is 0 Å². The van der Waals surface area contributed by atoms with Crippen LogP contribution >= 0.6 is 0 Å². The first-order valence-electron chi connectivity index (χ1n) is 8.67. The van der Waals surface area contributed by atoms with Gasteiger partial charge < -0.3 is 10.6 Å². The molecule has 4 nitrogen and oxygen atoms in total. The predicted octanol–water partition coefficient (Wildman–Crippen LogP) is 4.85. The molecule has 0 bridgehead atoms. The highest BCUT2D eigenvalue weighted by atomic mass is 15.1. The summed E-state index contributed by atoms with van der Waals surface area (Å²) in [5.41, 5.74) is 0. The summed E-state index contributed by atoms with van der Waals surface area (Å²) in [5, 5.41) is 6.59. The van der Waals surface area contributed by atoms with E-state index in [4.69, 9.17) is 0 Å². The van der Waals surface area contributed by atoms with Crippen LogP contribution in [0.3, 0.4) is 0 Å². The van der Waals surface area contributed by atoms with Crippen molar-refractivity contribution in [2.45, 2.75) is 71.6 Å². The van der Waals surface area contributed by atoms with Crippen LogP contribution in [0.1, 0.15) is 71.6 Å². The Kier molecular flexibility index (Phi) is 10.5. The molecule has 1 aromatic heterocycles. The minimum absolute atomic E-state index is 0.720. The fourth-order valence-electron chi connectivity index (χ4n) is 2.25. The second kappa shape index (κ2) is 12.4. The highest BCUT2D eigenvalue weighted by Gasteiger charge is 1.98. The van der Waals surface area contributed by atoms with E-state index in [1.54, 1.807) is 6.20 Å². The zero-order valence-corrected chi connectivity index (χ0v) is 13.8. The number of nitrogens with zero attached hydrogens (tertiary/aromatic N) is 2. The normalized spacial score (nSPS) is 10.6. The third-order valence-corrected chi connectivity index (χ3v) is 3.53. The summed E-state index contributed by atoms with van der Waals surface area (Å²) >= 11 is 0. The van der Waals surface area contributed by atoms with Gasteiger partial charge in [0.15, 0.2) is 0 Å². The maximum atomic E-state index is 4.44. The Morgan fingerprint density at radius 3 is 2.24 bits per heavy atom. The first-order chi connectivity index (χ1) is 10.4. The van der Waals surface area contributed by atoms with Gasteiger partial charge in [-0.15, -0.1) is 0 Å². The van der Waals surface area contributed by atoms with E-state index in [2.05, 4.69) is 34.4 Å². The van der Waals surface area contributed by atoms with Gasteiger partial charge >= 0.3 is 0 Å². The molecule has 0 aliphatic carbocycles. The number of unbranched alkanes of at least 4 members (excludes halogenated alkanes) is 7. The quantitative estimate of drug-likeness (QED) is 0.510. The van der Waals surface area contributed by atoms with Crippen LogP contribution in [0.2, 0.25) is 0 Å². The second-order valence-corrected chi connectivity index (χ2v) is 5.59. The Morgan fingerprint density at radius 1 is 0.810 bits per heavy atom. The van der Waals surface area contributed by atoms with Gasteiger partial charge in [-0.3, -0.25) is 0 Å². The van der Waals surface area contributed by atoms with Gasteiger partial charge in [0.25, 0.3) is 0 Å². The molecule has 120 valence electrons. The van der Waals surface area contributed by atoms with Gasteiger partial charge in [0, 0.05) is 19.3 Å². The average molecular weight is 292 g/mol. The molecule has 0 unspecified atom stereocenters. The molecule has 0 amide bonds. The van der Waals surface area contributed by atoms with Crippen LogP contribution < -0.4 is 10.6 Å². The monoisotopic (exact) mass is 292 g/mol. The fourth-order valence-corrected chi connectivity index (χ4v) is 2.25. The summed E-state index contributed by atoms with van der Waals surface area (Å²) in [4.78, 5) is 8.65. The molecule has 1 heterocycles. The average Bonchev–Trinajstić information content (AvgIpc) is 2.52. The summed E-state index contributed by atoms with van der Waals surface area (Å²) in [7, 11) is 0. The minimum Gasteiger partial charge on any atom is -0.370 e. The molecule has 0 aliphatic heterocycles. The number of hydrogen-bond acceptors (Lipinski definition) is 4. The predicted molar refractivity (Wildman–Crippen MR) is 91.9 cm³/mol. The molecule has 4 heteroatoms. The van der Waals surface area contributed by atoms with E-state index in [1.807, 2.05) is 6.07 Å². The number of nitrogens with one attached hydrogen (secondary N) is 2. The van der Waals surface area contributed by atoms with E-state index in [0.29, 0.717) is 0 Å². The Morgan fingerprint density at radius 2 is 1.52 bits per heavy atom. The lowest BCUT2D eigenvalue weighted by Gasteiger charge is -2.07. The molecule has 1 aromatic rings. The van der Waals surface area contributed by atoms with Crippen molar-refractivity contribution in [3.63, 3.8) is 0 Å². The standard InChI is InChI=1S/C17H32N4/c1-3-5-6-7-8-9-10-11-14-18-16-12-15-20-17(21-16)19-13-4-2/h12,15H,3-11,13-14H2,1-2H3,(H2,18,19,20,21). The van der Waals surface area contributed by atoms with Gasteiger partial charge in [-0.2, -0.15) is 4.98 Å². The molecule has 0 saturated heterocycles. The molecule has 1 rings (SSSR count). The maximum Gasteiger partial charge on any atom is 0.224 e. The lowest BCUT2D eigenvalue weighted by Crippen LogP contribution is -2.08. The van der Waals surface area contributed by atoms with Crippen molar-refractivity contribution in [1.82, 2.24) is 9.97 Å². The van der Waals surface area contributed by atoms with Gasteiger partial charge in [0.2, 0.25) is 5.95 Å². The van der Waals surface area contributed by atoms with Crippen molar-refractivity contribution in [2.24, 2.45) is 0 Å². The summed E-state index contributed by atoms with van der Waals surface area (Å²) in [6.07, 6.45) is 13.7. The zero-order valence-electron chi connectivity index (χ0n) is 13.8. The molecular weight excluding hydrogens is 260 g/mol. The smallest absolute Gasteiger partial charge is 0.224 e. The van der Waals surface area contributed by atoms with E-state index in [9.17, 15) is 0 Å². The maximum absolute atomic E-state index is 4.44. The molecular formula is C17H32N4. The van der Waals surface area contributed by atoms with Gasteiger partial charge in [0.05, 0.1) is 0 Å². The lowest BCUT2D eigenvalue weighted by atomic mass is 10.1. The van der Waals surface area contributed by atoms with Crippen molar-refractivity contribution in [2.75, 3.05) is 23.7 Å². The van der Waals surface area contributed by atoms with Crippen LogP contribution in [0.15, 0.2) is 12.3 Å². The van der Waals surface area contributed by atoms with Crippen molar-refractivity contribution in [3.05, 3.63) is 12.3 Å². The third-order valence-electron chi connectivity index (χ3n) is 3.53. The molecule has 0 atom stereocenters. The molecule has 0 aromatic carbocycles. The number of rotatable bonds is 13. The van der Waals surface area contributed by atoms with Crippen LogP contribution in [-0.4, -0.2) is 23.1 Å². The molecule has 0 saturated carbocycles. The number of anilines is 2. The molecule has 0 spiro atoms. The first-order valence-corrected chi connectivity index (χ1v) is 8.67. The Balaban J connectivity index is 2.04. The van der Waals surface area contributed by atoms with Crippen molar-refractivity contribution in [1.29, 1.82) is 0 Å². The Hall–Kier alpha value is -1.32. The van der Waals surface area contributed by atoms with Crippen LogP contribution in [0.4, 0.5) is 11.8 Å². The zero-order chi connectivity index (χ0) is 15.2. The summed E-state index contributed by atoms with van der Waals surface area (Å²) in [6, 6.07) is 1.93. The Labute approximate surface area is 130 Å². The minimum atomic E-state index is 0.720. The van der Waals surface area contributed by atoms with Crippen LogP contribution in [0.25, 0.3) is 0 Å². The summed E-state index contributed by atoms with van der Waals surface area (Å²) in [6.45, 7) is 6.32. The van der Waals surface area contributed by atoms with Crippen molar-refractivity contribution < 1.29 is 0 Å². The SMILES string of the molecule is CCCCCCCCCCNc1ccnc(NCCC)n1. The van der Waals surface area contributed by atoms with E-state index in [-0.39, 0.29) is 0 Å². The highest BCUT2D eigenvalue weighted by Crippen LogP contribution is 2.09. The van der Waals surface area contributed by atoms with Crippen molar-refractivity contribution in [3.8, 4) is 0 Å². The number of hydrogen-bond donors (Lipinski definition) is 2.